The molecule has 0 aromatic rings. The zero-order chi connectivity index (χ0) is 24.9. The summed E-state index contributed by atoms with van der Waals surface area (Å²) in [6.45, 7) is 6.28. The van der Waals surface area contributed by atoms with Gasteiger partial charge >= 0.3 is 0 Å². The average Bonchev–Trinajstić information content (AvgIpc) is 2.81. The van der Waals surface area contributed by atoms with Gasteiger partial charge in [0.25, 0.3) is 10.1 Å². The SMILES string of the molecule is C=CCN.CCCCCCCCCCCCCCCCOS(=O)(=O)CCCCCCCCF. The fourth-order valence-electron chi connectivity index (χ4n) is 3.62. The molecule has 0 radical (unpaired) electrons. The molecular formula is C27H56FNO3S. The van der Waals surface area contributed by atoms with Crippen molar-refractivity contribution in [1.29, 1.82) is 0 Å². The molecule has 33 heavy (non-hydrogen) atoms. The largest absolute Gasteiger partial charge is 0.327 e. The topological polar surface area (TPSA) is 69.4 Å². The van der Waals surface area contributed by atoms with Gasteiger partial charge in [-0.15, -0.1) is 6.58 Å². The molecule has 200 valence electrons. The standard InChI is InChI=1S/C24H49FO3S.C3H7N/c1-2-3-4-5-6-7-8-9-10-11-12-14-17-20-23-28-29(26,27)24-21-18-15-13-16-19-22-25;1-2-3-4/h2-24H2,1H3;2H,1,3-4H2. The number of unbranched alkanes of at least 4 members (excludes halogenated alkanes) is 18. The van der Waals surface area contributed by atoms with Gasteiger partial charge in [-0.3, -0.25) is 8.57 Å². The van der Waals surface area contributed by atoms with Crippen LogP contribution in [-0.2, 0) is 14.3 Å². The van der Waals surface area contributed by atoms with E-state index in [0.717, 1.165) is 38.5 Å². The van der Waals surface area contributed by atoms with E-state index in [9.17, 15) is 12.8 Å². The van der Waals surface area contributed by atoms with E-state index in [2.05, 4.69) is 13.5 Å². The number of alkyl halides is 1. The summed E-state index contributed by atoms with van der Waals surface area (Å²) in [5.74, 6) is 0.120. The Kier molecular flexibility index (Phi) is 31.1. The molecule has 0 aliphatic rings. The highest BCUT2D eigenvalue weighted by Crippen LogP contribution is 2.13. The summed E-state index contributed by atoms with van der Waals surface area (Å²) in [6, 6.07) is 0. The smallest absolute Gasteiger partial charge is 0.267 e. The van der Waals surface area contributed by atoms with Crippen LogP contribution in [0.4, 0.5) is 4.39 Å². The lowest BCUT2D eigenvalue weighted by Gasteiger charge is -2.06. The van der Waals surface area contributed by atoms with Crippen LogP contribution >= 0.6 is 0 Å². The third-order valence-electron chi connectivity index (χ3n) is 5.71. The molecule has 0 saturated heterocycles. The van der Waals surface area contributed by atoms with Crippen molar-refractivity contribution in [2.45, 2.75) is 135 Å². The predicted octanol–water partition coefficient (Wildman–Crippen LogP) is 8.26. The first kappa shape index (κ1) is 34.7. The second kappa shape index (κ2) is 29.6. The zero-order valence-electron chi connectivity index (χ0n) is 21.8. The summed E-state index contributed by atoms with van der Waals surface area (Å²) in [4.78, 5) is 0. The van der Waals surface area contributed by atoms with E-state index in [-0.39, 0.29) is 12.4 Å². The first-order chi connectivity index (χ1) is 16.0. The fourth-order valence-corrected chi connectivity index (χ4v) is 4.67. The summed E-state index contributed by atoms with van der Waals surface area (Å²) >= 11 is 0. The molecule has 0 atom stereocenters. The number of halogens is 1. The molecular weight excluding hydrogens is 437 g/mol. The van der Waals surface area contributed by atoms with Crippen molar-refractivity contribution < 1.29 is 17.0 Å². The Morgan fingerprint density at radius 2 is 1.06 bits per heavy atom. The van der Waals surface area contributed by atoms with Crippen molar-refractivity contribution >= 4 is 10.1 Å². The molecule has 0 rings (SSSR count). The summed E-state index contributed by atoms with van der Waals surface area (Å²) in [5, 5.41) is 0. The van der Waals surface area contributed by atoms with E-state index < -0.39 is 10.1 Å². The van der Waals surface area contributed by atoms with Crippen LogP contribution in [0.1, 0.15) is 135 Å². The van der Waals surface area contributed by atoms with Crippen LogP contribution in [-0.4, -0.2) is 34.0 Å². The van der Waals surface area contributed by atoms with Crippen LogP contribution in [0.2, 0.25) is 0 Å². The molecule has 0 heterocycles. The van der Waals surface area contributed by atoms with Crippen LogP contribution in [0, 0.1) is 0 Å². The summed E-state index contributed by atoms with van der Waals surface area (Å²) in [7, 11) is -3.36. The van der Waals surface area contributed by atoms with Gasteiger partial charge in [0.05, 0.1) is 19.0 Å². The molecule has 0 aliphatic carbocycles. The lowest BCUT2D eigenvalue weighted by atomic mass is 10.0. The lowest BCUT2D eigenvalue weighted by molar-refractivity contribution is 0.305. The van der Waals surface area contributed by atoms with Gasteiger partial charge < -0.3 is 5.73 Å². The van der Waals surface area contributed by atoms with Crippen LogP contribution in [0.5, 0.6) is 0 Å². The first-order valence-corrected chi connectivity index (χ1v) is 15.4. The van der Waals surface area contributed by atoms with Crippen LogP contribution in [0.15, 0.2) is 12.7 Å². The van der Waals surface area contributed by atoms with E-state index in [1.807, 2.05) is 0 Å². The second-order valence-corrected chi connectivity index (χ2v) is 10.8. The van der Waals surface area contributed by atoms with Crippen molar-refractivity contribution in [1.82, 2.24) is 0 Å². The van der Waals surface area contributed by atoms with Crippen molar-refractivity contribution in [3.63, 3.8) is 0 Å². The maximum atomic E-state index is 12.0. The Bertz CT molecular complexity index is 472. The number of hydrogen-bond acceptors (Lipinski definition) is 4. The third kappa shape index (κ3) is 33.8. The molecule has 2 N–H and O–H groups in total. The number of hydrogen-bond donors (Lipinski definition) is 1. The van der Waals surface area contributed by atoms with Crippen molar-refractivity contribution in [2.24, 2.45) is 5.73 Å². The minimum atomic E-state index is -3.36. The molecule has 0 unspecified atom stereocenters. The Hall–Kier alpha value is -0.460. The predicted molar refractivity (Wildman–Crippen MR) is 143 cm³/mol. The molecule has 6 heteroatoms. The number of nitrogens with two attached hydrogens (primary N) is 1. The molecule has 0 saturated carbocycles. The monoisotopic (exact) mass is 493 g/mol. The average molecular weight is 494 g/mol. The maximum absolute atomic E-state index is 12.0. The fraction of sp³-hybridized carbons (Fsp3) is 0.926. The van der Waals surface area contributed by atoms with Crippen molar-refractivity contribution in [3.05, 3.63) is 12.7 Å². The van der Waals surface area contributed by atoms with Gasteiger partial charge in [-0.1, -0.05) is 122 Å². The van der Waals surface area contributed by atoms with Gasteiger partial charge in [-0.05, 0) is 19.3 Å². The minimum Gasteiger partial charge on any atom is -0.327 e. The molecule has 0 bridgehead atoms. The number of rotatable bonds is 25. The molecule has 0 spiro atoms. The Morgan fingerprint density at radius 3 is 1.45 bits per heavy atom. The van der Waals surface area contributed by atoms with Gasteiger partial charge in [0.15, 0.2) is 0 Å². The van der Waals surface area contributed by atoms with E-state index in [0.29, 0.717) is 26.0 Å². The van der Waals surface area contributed by atoms with E-state index in [1.165, 1.54) is 77.0 Å². The molecule has 0 amide bonds. The minimum absolute atomic E-state index is 0.120. The highest BCUT2D eigenvalue weighted by Gasteiger charge is 2.10. The van der Waals surface area contributed by atoms with Crippen LogP contribution in [0.25, 0.3) is 0 Å². The Morgan fingerprint density at radius 1 is 0.697 bits per heavy atom. The molecule has 0 fully saturated rings. The van der Waals surface area contributed by atoms with E-state index >= 15 is 0 Å². The highest BCUT2D eigenvalue weighted by atomic mass is 32.2. The zero-order valence-corrected chi connectivity index (χ0v) is 22.7. The van der Waals surface area contributed by atoms with E-state index in [4.69, 9.17) is 9.92 Å². The summed E-state index contributed by atoms with van der Waals surface area (Å²) < 4.78 is 40.7. The van der Waals surface area contributed by atoms with Gasteiger partial charge in [-0.25, -0.2) is 0 Å². The Labute approximate surface area is 206 Å². The lowest BCUT2D eigenvalue weighted by Crippen LogP contribution is -2.11. The third-order valence-corrected chi connectivity index (χ3v) is 7.02. The summed E-state index contributed by atoms with van der Waals surface area (Å²) in [6.07, 6.45) is 24.7. The van der Waals surface area contributed by atoms with Crippen LogP contribution in [0.3, 0.4) is 0 Å². The van der Waals surface area contributed by atoms with Crippen LogP contribution < -0.4 is 5.73 Å². The molecule has 0 aliphatic heterocycles. The Balaban J connectivity index is 0. The van der Waals surface area contributed by atoms with Crippen molar-refractivity contribution in [3.8, 4) is 0 Å². The van der Waals surface area contributed by atoms with Gasteiger partial charge in [0.1, 0.15) is 0 Å². The normalized spacial score (nSPS) is 11.2. The highest BCUT2D eigenvalue weighted by molar-refractivity contribution is 7.86. The molecule has 0 aromatic carbocycles. The van der Waals surface area contributed by atoms with Crippen molar-refractivity contribution in [2.75, 3.05) is 25.6 Å². The molecule has 4 nitrogen and oxygen atoms in total. The van der Waals surface area contributed by atoms with Gasteiger partial charge in [-0.2, -0.15) is 8.42 Å². The van der Waals surface area contributed by atoms with E-state index in [1.54, 1.807) is 6.08 Å². The van der Waals surface area contributed by atoms with Gasteiger partial charge in [0.2, 0.25) is 0 Å². The maximum Gasteiger partial charge on any atom is 0.267 e. The van der Waals surface area contributed by atoms with Gasteiger partial charge in [0, 0.05) is 6.54 Å². The quantitative estimate of drug-likeness (QED) is 0.0789. The molecule has 0 aromatic heterocycles. The second-order valence-electron chi connectivity index (χ2n) is 9.01. The first-order valence-electron chi connectivity index (χ1n) is 13.8. The summed E-state index contributed by atoms with van der Waals surface area (Å²) in [5.41, 5.74) is 4.91.